The first kappa shape index (κ1) is 18.9. The summed E-state index contributed by atoms with van der Waals surface area (Å²) in [6.45, 7) is 5.59. The number of aryl methyl sites for hydroxylation is 1. The van der Waals surface area contributed by atoms with Gasteiger partial charge in [-0.1, -0.05) is 12.1 Å². The number of anilines is 1. The minimum absolute atomic E-state index is 0.0224. The van der Waals surface area contributed by atoms with Gasteiger partial charge in [0, 0.05) is 24.3 Å². The molecule has 1 fully saturated rings. The van der Waals surface area contributed by atoms with Crippen LogP contribution in [0.2, 0.25) is 0 Å². The average Bonchev–Trinajstić information content (AvgIpc) is 2.66. The molecule has 0 aliphatic carbocycles. The van der Waals surface area contributed by atoms with Crippen LogP contribution in [0.5, 0.6) is 5.75 Å². The number of nitrogens with zero attached hydrogens (tertiary/aromatic N) is 1. The van der Waals surface area contributed by atoms with Gasteiger partial charge in [0.2, 0.25) is 0 Å². The molecule has 1 aliphatic heterocycles. The minimum Gasteiger partial charge on any atom is -0.484 e. The Morgan fingerprint density at radius 3 is 2.70 bits per heavy atom. The number of hydrogen-bond acceptors (Lipinski definition) is 4. The molecule has 2 amide bonds. The Morgan fingerprint density at radius 2 is 2.00 bits per heavy atom. The average molecular weight is 368 g/mol. The SMILES string of the molecule is Cc1cccc(OCC(=O)Nc2ccc(C(=O)N3CCOC(C)C3)cc2)c1. The highest BCUT2D eigenvalue weighted by molar-refractivity contribution is 5.96. The van der Waals surface area contributed by atoms with Gasteiger partial charge in [0.1, 0.15) is 5.75 Å². The van der Waals surface area contributed by atoms with E-state index in [0.717, 1.165) is 5.56 Å². The van der Waals surface area contributed by atoms with E-state index in [0.29, 0.717) is 36.7 Å². The number of benzene rings is 2. The fourth-order valence-electron chi connectivity index (χ4n) is 2.93. The van der Waals surface area contributed by atoms with Crippen molar-refractivity contribution in [2.45, 2.75) is 20.0 Å². The zero-order valence-corrected chi connectivity index (χ0v) is 15.6. The summed E-state index contributed by atoms with van der Waals surface area (Å²) in [6, 6.07) is 14.4. The number of carbonyl (C=O) groups excluding carboxylic acids is 2. The molecule has 0 saturated carbocycles. The molecule has 0 aromatic heterocycles. The third-order valence-corrected chi connectivity index (χ3v) is 4.30. The number of amides is 2. The number of nitrogens with one attached hydrogen (secondary N) is 1. The van der Waals surface area contributed by atoms with Crippen LogP contribution < -0.4 is 10.1 Å². The number of carbonyl (C=O) groups is 2. The van der Waals surface area contributed by atoms with E-state index in [1.54, 1.807) is 29.2 Å². The summed E-state index contributed by atoms with van der Waals surface area (Å²) in [5.74, 6) is 0.384. The summed E-state index contributed by atoms with van der Waals surface area (Å²) >= 11 is 0. The van der Waals surface area contributed by atoms with Crippen LogP contribution in [0.3, 0.4) is 0 Å². The summed E-state index contributed by atoms with van der Waals surface area (Å²) in [6.07, 6.45) is 0.0506. The van der Waals surface area contributed by atoms with Crippen molar-refractivity contribution in [3.8, 4) is 5.75 Å². The third-order valence-electron chi connectivity index (χ3n) is 4.30. The fraction of sp³-hybridized carbons (Fsp3) is 0.333. The first-order valence-electron chi connectivity index (χ1n) is 9.01. The molecular weight excluding hydrogens is 344 g/mol. The standard InChI is InChI=1S/C21H24N2O4/c1-15-4-3-5-19(12-15)27-14-20(24)22-18-8-6-17(7-9-18)21(25)23-10-11-26-16(2)13-23/h3-9,12,16H,10-11,13-14H2,1-2H3,(H,22,24). The monoisotopic (exact) mass is 368 g/mol. The lowest BCUT2D eigenvalue weighted by molar-refractivity contribution is -0.118. The maximum absolute atomic E-state index is 12.5. The van der Waals surface area contributed by atoms with Crippen LogP contribution in [0, 0.1) is 6.92 Å². The minimum atomic E-state index is -0.252. The normalized spacial score (nSPS) is 16.7. The smallest absolute Gasteiger partial charge is 0.262 e. The van der Waals surface area contributed by atoms with E-state index in [2.05, 4.69) is 5.32 Å². The quantitative estimate of drug-likeness (QED) is 0.881. The van der Waals surface area contributed by atoms with Crippen molar-refractivity contribution in [2.24, 2.45) is 0 Å². The lowest BCUT2D eigenvalue weighted by Gasteiger charge is -2.31. The molecule has 1 N–H and O–H groups in total. The molecule has 0 spiro atoms. The lowest BCUT2D eigenvalue weighted by atomic mass is 10.1. The van der Waals surface area contributed by atoms with Gasteiger partial charge in [-0.25, -0.2) is 0 Å². The van der Waals surface area contributed by atoms with Crippen molar-refractivity contribution in [1.82, 2.24) is 4.90 Å². The third kappa shape index (κ3) is 5.31. The van der Waals surface area contributed by atoms with Gasteiger partial charge in [0.25, 0.3) is 11.8 Å². The van der Waals surface area contributed by atoms with Gasteiger partial charge in [0.15, 0.2) is 6.61 Å². The maximum Gasteiger partial charge on any atom is 0.262 e. The molecular formula is C21H24N2O4. The Labute approximate surface area is 159 Å². The summed E-state index contributed by atoms with van der Waals surface area (Å²) in [5, 5.41) is 2.77. The highest BCUT2D eigenvalue weighted by Gasteiger charge is 2.22. The molecule has 1 unspecified atom stereocenters. The highest BCUT2D eigenvalue weighted by atomic mass is 16.5. The first-order valence-corrected chi connectivity index (χ1v) is 9.01. The highest BCUT2D eigenvalue weighted by Crippen LogP contribution is 2.15. The van der Waals surface area contributed by atoms with E-state index in [-0.39, 0.29) is 24.5 Å². The van der Waals surface area contributed by atoms with Gasteiger partial charge in [-0.3, -0.25) is 9.59 Å². The van der Waals surface area contributed by atoms with Gasteiger partial charge in [0.05, 0.1) is 12.7 Å². The lowest BCUT2D eigenvalue weighted by Crippen LogP contribution is -2.44. The molecule has 1 heterocycles. The summed E-state index contributed by atoms with van der Waals surface area (Å²) < 4.78 is 11.0. The Morgan fingerprint density at radius 1 is 1.22 bits per heavy atom. The molecule has 0 bridgehead atoms. The molecule has 1 saturated heterocycles. The zero-order chi connectivity index (χ0) is 19.2. The fourth-order valence-corrected chi connectivity index (χ4v) is 2.93. The summed E-state index contributed by atoms with van der Waals surface area (Å²) in [4.78, 5) is 26.4. The molecule has 1 atom stereocenters. The Bertz CT molecular complexity index is 804. The van der Waals surface area contributed by atoms with Gasteiger partial charge in [-0.05, 0) is 55.8 Å². The number of hydrogen-bond donors (Lipinski definition) is 1. The Hall–Kier alpha value is -2.86. The molecule has 27 heavy (non-hydrogen) atoms. The van der Waals surface area contributed by atoms with E-state index >= 15 is 0 Å². The second-order valence-corrected chi connectivity index (χ2v) is 6.66. The van der Waals surface area contributed by atoms with Crippen molar-refractivity contribution in [1.29, 1.82) is 0 Å². The summed E-state index contributed by atoms with van der Waals surface area (Å²) in [7, 11) is 0. The molecule has 142 valence electrons. The number of rotatable bonds is 5. The predicted molar refractivity (Wildman–Crippen MR) is 103 cm³/mol. The topological polar surface area (TPSA) is 67.9 Å². The van der Waals surface area contributed by atoms with Crippen LogP contribution in [-0.2, 0) is 9.53 Å². The van der Waals surface area contributed by atoms with Crippen LogP contribution in [0.1, 0.15) is 22.8 Å². The van der Waals surface area contributed by atoms with Crippen molar-refractivity contribution >= 4 is 17.5 Å². The maximum atomic E-state index is 12.5. The predicted octanol–water partition coefficient (Wildman–Crippen LogP) is 2.87. The van der Waals surface area contributed by atoms with Crippen molar-refractivity contribution in [3.63, 3.8) is 0 Å². The van der Waals surface area contributed by atoms with Crippen molar-refractivity contribution in [3.05, 3.63) is 59.7 Å². The van der Waals surface area contributed by atoms with Crippen LogP contribution in [0.15, 0.2) is 48.5 Å². The van der Waals surface area contributed by atoms with Crippen LogP contribution in [0.25, 0.3) is 0 Å². The van der Waals surface area contributed by atoms with E-state index < -0.39 is 0 Å². The molecule has 1 aliphatic rings. The van der Waals surface area contributed by atoms with Crippen LogP contribution in [-0.4, -0.2) is 49.1 Å². The van der Waals surface area contributed by atoms with E-state index in [1.807, 2.05) is 38.1 Å². The van der Waals surface area contributed by atoms with Crippen LogP contribution in [0.4, 0.5) is 5.69 Å². The van der Waals surface area contributed by atoms with Crippen LogP contribution >= 0.6 is 0 Å². The van der Waals surface area contributed by atoms with E-state index in [4.69, 9.17) is 9.47 Å². The Kier molecular flexibility index (Phi) is 6.08. The van der Waals surface area contributed by atoms with Crippen molar-refractivity contribution in [2.75, 3.05) is 31.6 Å². The van der Waals surface area contributed by atoms with Gasteiger partial charge < -0.3 is 19.7 Å². The second kappa shape index (κ2) is 8.68. The molecule has 2 aromatic carbocycles. The van der Waals surface area contributed by atoms with Gasteiger partial charge in [-0.2, -0.15) is 0 Å². The van der Waals surface area contributed by atoms with E-state index in [1.165, 1.54) is 0 Å². The second-order valence-electron chi connectivity index (χ2n) is 6.66. The zero-order valence-electron chi connectivity index (χ0n) is 15.6. The largest absolute Gasteiger partial charge is 0.484 e. The van der Waals surface area contributed by atoms with E-state index in [9.17, 15) is 9.59 Å². The molecule has 0 radical (unpaired) electrons. The van der Waals surface area contributed by atoms with Gasteiger partial charge >= 0.3 is 0 Å². The van der Waals surface area contributed by atoms with Gasteiger partial charge in [-0.15, -0.1) is 0 Å². The first-order chi connectivity index (χ1) is 13.0. The number of morpholine rings is 1. The van der Waals surface area contributed by atoms with Crippen molar-refractivity contribution < 1.29 is 19.1 Å². The molecule has 6 nitrogen and oxygen atoms in total. The molecule has 6 heteroatoms. The number of ether oxygens (including phenoxy) is 2. The molecule has 3 rings (SSSR count). The molecule has 2 aromatic rings. The Balaban J connectivity index is 1.52. The summed E-state index contributed by atoms with van der Waals surface area (Å²) in [5.41, 5.74) is 2.29.